The highest BCUT2D eigenvalue weighted by molar-refractivity contribution is 7.22. The number of aromatic nitrogens is 1. The number of carbonyl (C=O) groups is 1. The van der Waals surface area contributed by atoms with E-state index in [2.05, 4.69) is 30.0 Å². The maximum atomic E-state index is 12.6. The second kappa shape index (κ2) is 8.74. The number of ether oxygens (including phenoxy) is 1. The van der Waals surface area contributed by atoms with Crippen LogP contribution in [0.2, 0.25) is 0 Å². The lowest BCUT2D eigenvalue weighted by molar-refractivity contribution is -0.118. The molecule has 1 aliphatic rings. The fraction of sp³-hybridized carbons (Fsp3) is 0.579. The van der Waals surface area contributed by atoms with Crippen molar-refractivity contribution in [3.63, 3.8) is 0 Å². The van der Waals surface area contributed by atoms with Crippen molar-refractivity contribution < 1.29 is 9.53 Å². The molecule has 1 fully saturated rings. The van der Waals surface area contributed by atoms with Gasteiger partial charge in [0, 0.05) is 32.6 Å². The molecule has 1 aromatic carbocycles. The standard InChI is InChI=1S/C19H27N3O2S/c1-3-6-17(23)22(10-5-9-21-11-13-24-14-12-21)19-20-18-15(2)7-4-8-16(18)25-19/h4,7-8H,3,5-6,9-14H2,1-2H3. The summed E-state index contributed by atoms with van der Waals surface area (Å²) in [5.41, 5.74) is 2.18. The smallest absolute Gasteiger partial charge is 0.228 e. The molecule has 1 saturated heterocycles. The first-order valence-electron chi connectivity index (χ1n) is 9.15. The summed E-state index contributed by atoms with van der Waals surface area (Å²) < 4.78 is 6.55. The Labute approximate surface area is 153 Å². The van der Waals surface area contributed by atoms with E-state index in [4.69, 9.17) is 9.72 Å². The zero-order valence-electron chi connectivity index (χ0n) is 15.2. The zero-order chi connectivity index (χ0) is 17.6. The number of rotatable bonds is 7. The molecular formula is C19H27N3O2S. The minimum atomic E-state index is 0.182. The van der Waals surface area contributed by atoms with E-state index >= 15 is 0 Å². The molecule has 0 radical (unpaired) electrons. The minimum Gasteiger partial charge on any atom is -0.379 e. The van der Waals surface area contributed by atoms with Crippen LogP contribution in [0.1, 0.15) is 31.7 Å². The van der Waals surface area contributed by atoms with Gasteiger partial charge in [-0.3, -0.25) is 14.6 Å². The van der Waals surface area contributed by atoms with Crippen molar-refractivity contribution in [1.29, 1.82) is 0 Å². The molecular weight excluding hydrogens is 334 g/mol. The van der Waals surface area contributed by atoms with Crippen LogP contribution in [0.4, 0.5) is 5.13 Å². The van der Waals surface area contributed by atoms with Crippen LogP contribution in [0.5, 0.6) is 0 Å². The zero-order valence-corrected chi connectivity index (χ0v) is 16.0. The topological polar surface area (TPSA) is 45.7 Å². The van der Waals surface area contributed by atoms with Crippen molar-refractivity contribution in [2.75, 3.05) is 44.3 Å². The van der Waals surface area contributed by atoms with Crippen molar-refractivity contribution >= 4 is 32.6 Å². The molecule has 136 valence electrons. The Morgan fingerprint density at radius 2 is 2.16 bits per heavy atom. The third-order valence-electron chi connectivity index (χ3n) is 4.57. The molecule has 0 bridgehead atoms. The highest BCUT2D eigenvalue weighted by Crippen LogP contribution is 2.31. The van der Waals surface area contributed by atoms with E-state index in [1.54, 1.807) is 11.3 Å². The number of nitrogens with zero attached hydrogens (tertiary/aromatic N) is 3. The lowest BCUT2D eigenvalue weighted by Crippen LogP contribution is -2.39. The van der Waals surface area contributed by atoms with Crippen LogP contribution in [0.25, 0.3) is 10.2 Å². The highest BCUT2D eigenvalue weighted by Gasteiger charge is 2.20. The Kier molecular flexibility index (Phi) is 6.39. The average molecular weight is 362 g/mol. The molecule has 0 unspecified atom stereocenters. The fourth-order valence-corrected chi connectivity index (χ4v) is 4.23. The second-order valence-corrected chi connectivity index (χ2v) is 7.53. The van der Waals surface area contributed by atoms with Gasteiger partial charge < -0.3 is 4.74 Å². The highest BCUT2D eigenvalue weighted by atomic mass is 32.1. The summed E-state index contributed by atoms with van der Waals surface area (Å²) in [6, 6.07) is 6.21. The number of carbonyl (C=O) groups excluding carboxylic acids is 1. The van der Waals surface area contributed by atoms with Crippen molar-refractivity contribution in [1.82, 2.24) is 9.88 Å². The number of fused-ring (bicyclic) bond motifs is 1. The normalized spacial score (nSPS) is 15.6. The number of thiazole rings is 1. The Morgan fingerprint density at radius 3 is 2.88 bits per heavy atom. The van der Waals surface area contributed by atoms with Gasteiger partial charge in [0.15, 0.2) is 5.13 Å². The van der Waals surface area contributed by atoms with E-state index in [0.717, 1.165) is 73.1 Å². The molecule has 0 saturated carbocycles. The first kappa shape index (κ1) is 18.3. The number of benzene rings is 1. The summed E-state index contributed by atoms with van der Waals surface area (Å²) in [5, 5.41) is 0.838. The number of amides is 1. The molecule has 1 aromatic heterocycles. The predicted octanol–water partition coefficient (Wildman–Crippen LogP) is 3.46. The first-order valence-corrected chi connectivity index (χ1v) is 9.97. The van der Waals surface area contributed by atoms with Gasteiger partial charge in [0.1, 0.15) is 0 Å². The van der Waals surface area contributed by atoms with Gasteiger partial charge in [-0.2, -0.15) is 0 Å². The van der Waals surface area contributed by atoms with Crippen LogP contribution in [-0.4, -0.2) is 55.2 Å². The van der Waals surface area contributed by atoms with E-state index in [9.17, 15) is 4.79 Å². The number of hydrogen-bond donors (Lipinski definition) is 0. The molecule has 6 heteroatoms. The van der Waals surface area contributed by atoms with Gasteiger partial charge in [0.25, 0.3) is 0 Å². The lowest BCUT2D eigenvalue weighted by Gasteiger charge is -2.27. The van der Waals surface area contributed by atoms with Crippen LogP contribution in [0, 0.1) is 6.92 Å². The fourth-order valence-electron chi connectivity index (χ4n) is 3.14. The van der Waals surface area contributed by atoms with Crippen LogP contribution in [0.3, 0.4) is 0 Å². The van der Waals surface area contributed by atoms with Gasteiger partial charge >= 0.3 is 0 Å². The summed E-state index contributed by atoms with van der Waals surface area (Å²) >= 11 is 1.62. The van der Waals surface area contributed by atoms with Gasteiger partial charge in [0.05, 0.1) is 23.4 Å². The summed E-state index contributed by atoms with van der Waals surface area (Å²) in [4.78, 5) is 21.7. The van der Waals surface area contributed by atoms with E-state index in [1.807, 2.05) is 11.8 Å². The summed E-state index contributed by atoms with van der Waals surface area (Å²) in [7, 11) is 0. The third-order valence-corrected chi connectivity index (χ3v) is 5.61. The van der Waals surface area contributed by atoms with E-state index < -0.39 is 0 Å². The van der Waals surface area contributed by atoms with Gasteiger partial charge in [-0.15, -0.1) is 0 Å². The van der Waals surface area contributed by atoms with Gasteiger partial charge in [0.2, 0.25) is 5.91 Å². The second-order valence-electron chi connectivity index (χ2n) is 6.52. The molecule has 3 rings (SSSR count). The molecule has 1 amide bonds. The largest absolute Gasteiger partial charge is 0.379 e. The van der Waals surface area contributed by atoms with Crippen molar-refractivity contribution in [2.45, 2.75) is 33.1 Å². The van der Waals surface area contributed by atoms with Crippen molar-refractivity contribution in [3.05, 3.63) is 23.8 Å². The average Bonchev–Trinajstić information content (AvgIpc) is 3.05. The molecule has 0 aliphatic carbocycles. The number of hydrogen-bond acceptors (Lipinski definition) is 5. The number of anilines is 1. The molecule has 5 nitrogen and oxygen atoms in total. The van der Waals surface area contributed by atoms with Gasteiger partial charge in [-0.25, -0.2) is 4.98 Å². The Balaban J connectivity index is 1.71. The van der Waals surface area contributed by atoms with Crippen LogP contribution >= 0.6 is 11.3 Å². The molecule has 2 aromatic rings. The van der Waals surface area contributed by atoms with E-state index in [1.165, 1.54) is 0 Å². The Morgan fingerprint density at radius 1 is 1.36 bits per heavy atom. The quantitative estimate of drug-likeness (QED) is 0.758. The maximum absolute atomic E-state index is 12.6. The van der Waals surface area contributed by atoms with E-state index in [-0.39, 0.29) is 5.91 Å². The van der Waals surface area contributed by atoms with Crippen LogP contribution in [0.15, 0.2) is 18.2 Å². The summed E-state index contributed by atoms with van der Waals surface area (Å²) in [5.74, 6) is 0.182. The lowest BCUT2D eigenvalue weighted by atomic mass is 10.2. The first-order chi connectivity index (χ1) is 12.2. The monoisotopic (exact) mass is 361 g/mol. The predicted molar refractivity (Wildman–Crippen MR) is 103 cm³/mol. The number of morpholine rings is 1. The summed E-state index contributed by atoms with van der Waals surface area (Å²) in [6.45, 7) is 9.46. The SMILES string of the molecule is CCCC(=O)N(CCCN1CCOCC1)c1nc2c(C)cccc2s1. The van der Waals surface area contributed by atoms with Gasteiger partial charge in [-0.05, 0) is 31.4 Å². The molecule has 25 heavy (non-hydrogen) atoms. The molecule has 0 N–H and O–H groups in total. The third kappa shape index (κ3) is 4.57. The summed E-state index contributed by atoms with van der Waals surface area (Å²) in [6.07, 6.45) is 2.40. The van der Waals surface area contributed by atoms with Gasteiger partial charge in [-0.1, -0.05) is 30.4 Å². The number of para-hydroxylation sites is 1. The molecule has 2 heterocycles. The van der Waals surface area contributed by atoms with Crippen molar-refractivity contribution in [3.8, 4) is 0 Å². The van der Waals surface area contributed by atoms with Crippen LogP contribution in [-0.2, 0) is 9.53 Å². The maximum Gasteiger partial charge on any atom is 0.228 e. The minimum absolute atomic E-state index is 0.182. The number of aryl methyl sites for hydroxylation is 1. The molecule has 1 aliphatic heterocycles. The van der Waals surface area contributed by atoms with Crippen molar-refractivity contribution in [2.24, 2.45) is 0 Å². The van der Waals surface area contributed by atoms with E-state index in [0.29, 0.717) is 6.42 Å². The Hall–Kier alpha value is -1.50. The Bertz CT molecular complexity index is 710. The molecule has 0 spiro atoms. The molecule has 0 atom stereocenters. The van der Waals surface area contributed by atoms with Crippen LogP contribution < -0.4 is 4.90 Å².